The molecule has 0 saturated carbocycles. The van der Waals surface area contributed by atoms with E-state index in [1.807, 2.05) is 0 Å². The van der Waals surface area contributed by atoms with Crippen molar-refractivity contribution < 1.29 is 4.84 Å². The number of nitrogens with one attached hydrogen (secondary N) is 1. The van der Waals surface area contributed by atoms with Gasteiger partial charge in [0.25, 0.3) is 0 Å². The number of piperazine rings is 1. The fraction of sp³-hybridized carbons (Fsp3) is 0.750. The third-order valence-corrected chi connectivity index (χ3v) is 2.27. The van der Waals surface area contributed by atoms with Gasteiger partial charge >= 0.3 is 0 Å². The molecule has 2 heterocycles. The quantitative estimate of drug-likeness (QED) is 0.643. The van der Waals surface area contributed by atoms with Crippen molar-refractivity contribution in [1.29, 1.82) is 0 Å². The summed E-state index contributed by atoms with van der Waals surface area (Å²) in [5.74, 6) is 0. The summed E-state index contributed by atoms with van der Waals surface area (Å²) in [4.78, 5) is 7.45. The second-order valence-corrected chi connectivity index (χ2v) is 3.25. The molecule has 0 aliphatic carbocycles. The van der Waals surface area contributed by atoms with Crippen molar-refractivity contribution in [1.82, 2.24) is 15.5 Å². The van der Waals surface area contributed by atoms with Gasteiger partial charge in [-0.1, -0.05) is 12.5 Å². The van der Waals surface area contributed by atoms with E-state index in [0.29, 0.717) is 0 Å². The Morgan fingerprint density at radius 3 is 3.33 bits per heavy atom. The van der Waals surface area contributed by atoms with Crippen molar-refractivity contribution in [2.24, 2.45) is 0 Å². The van der Waals surface area contributed by atoms with E-state index in [9.17, 15) is 0 Å². The molecule has 0 unspecified atom stereocenters. The highest BCUT2D eigenvalue weighted by Crippen LogP contribution is 2.14. The van der Waals surface area contributed by atoms with E-state index >= 15 is 0 Å². The minimum atomic E-state index is 1.01. The van der Waals surface area contributed by atoms with Crippen LogP contribution in [0.25, 0.3) is 0 Å². The smallest absolute Gasteiger partial charge is 0.135 e. The van der Waals surface area contributed by atoms with Gasteiger partial charge in [0, 0.05) is 13.1 Å². The molecule has 2 aliphatic rings. The molecule has 0 atom stereocenters. The first-order valence-electron chi connectivity index (χ1n) is 4.50. The van der Waals surface area contributed by atoms with Crippen molar-refractivity contribution in [3.8, 4) is 0 Å². The molecule has 0 aromatic heterocycles. The summed E-state index contributed by atoms with van der Waals surface area (Å²) in [5.41, 5.74) is 4.08. The monoisotopic (exact) mass is 169 g/mol. The summed E-state index contributed by atoms with van der Waals surface area (Å²) in [5, 5.41) is 2.06. The number of hydrogen-bond acceptors (Lipinski definition) is 4. The van der Waals surface area contributed by atoms with Crippen LogP contribution in [0.1, 0.15) is 13.3 Å². The molecule has 4 nitrogen and oxygen atoms in total. The summed E-state index contributed by atoms with van der Waals surface area (Å²) in [7, 11) is 0. The SMILES string of the molecule is CCCN1CCN2NOC=C2C1. The average molecular weight is 169 g/mol. The molecule has 0 amide bonds. The first-order valence-corrected chi connectivity index (χ1v) is 4.50. The Morgan fingerprint density at radius 2 is 2.50 bits per heavy atom. The number of fused-ring (bicyclic) bond motifs is 1. The highest BCUT2D eigenvalue weighted by molar-refractivity contribution is 5.04. The molecular formula is C8H15N3O. The summed E-state index contributed by atoms with van der Waals surface area (Å²) >= 11 is 0. The maximum absolute atomic E-state index is 5.01. The predicted octanol–water partition coefficient (Wildman–Crippen LogP) is 0.305. The molecule has 1 fully saturated rings. The van der Waals surface area contributed by atoms with Crippen LogP contribution in [0.2, 0.25) is 0 Å². The molecule has 0 bridgehead atoms. The van der Waals surface area contributed by atoms with Gasteiger partial charge in [0.1, 0.15) is 6.26 Å². The molecule has 4 heteroatoms. The molecule has 68 valence electrons. The fourth-order valence-corrected chi connectivity index (χ4v) is 1.65. The van der Waals surface area contributed by atoms with Gasteiger partial charge in [0.05, 0.1) is 12.2 Å². The molecule has 1 N–H and O–H groups in total. The van der Waals surface area contributed by atoms with E-state index in [0.717, 1.165) is 19.6 Å². The Kier molecular flexibility index (Phi) is 2.19. The minimum absolute atomic E-state index is 1.01. The lowest BCUT2D eigenvalue weighted by atomic mass is 10.3. The lowest BCUT2D eigenvalue weighted by molar-refractivity contribution is 0.0126. The van der Waals surface area contributed by atoms with Gasteiger partial charge in [-0.2, -0.15) is 0 Å². The standard InChI is InChI=1S/C8H15N3O/c1-2-3-10-4-5-11-8(6-10)7-12-9-11/h7,9H,2-6H2,1H3. The van der Waals surface area contributed by atoms with Crippen LogP contribution in [0.4, 0.5) is 0 Å². The van der Waals surface area contributed by atoms with Crippen LogP contribution < -0.4 is 5.59 Å². The summed E-state index contributed by atoms with van der Waals surface area (Å²) in [6.45, 7) is 6.56. The van der Waals surface area contributed by atoms with Crippen molar-refractivity contribution in [2.45, 2.75) is 13.3 Å². The zero-order valence-corrected chi connectivity index (χ0v) is 7.42. The summed E-state index contributed by atoms with van der Waals surface area (Å²) in [6, 6.07) is 0. The third kappa shape index (κ3) is 1.40. The second kappa shape index (κ2) is 3.33. The zero-order chi connectivity index (χ0) is 8.39. The van der Waals surface area contributed by atoms with Crippen LogP contribution in [-0.2, 0) is 4.84 Å². The number of hydrogen-bond donors (Lipinski definition) is 1. The van der Waals surface area contributed by atoms with Crippen molar-refractivity contribution in [3.63, 3.8) is 0 Å². The first kappa shape index (κ1) is 7.89. The summed E-state index contributed by atoms with van der Waals surface area (Å²) in [6.07, 6.45) is 3.02. The molecule has 0 aromatic carbocycles. The predicted molar refractivity (Wildman–Crippen MR) is 45.7 cm³/mol. The Hall–Kier alpha value is -0.740. The Balaban J connectivity index is 1.91. The Bertz CT molecular complexity index is 193. The first-order chi connectivity index (χ1) is 5.90. The van der Waals surface area contributed by atoms with Crippen LogP contribution in [0.15, 0.2) is 12.0 Å². The molecule has 1 saturated heterocycles. The van der Waals surface area contributed by atoms with Crippen LogP contribution in [0, 0.1) is 0 Å². The van der Waals surface area contributed by atoms with Gasteiger partial charge in [-0.25, -0.2) is 0 Å². The van der Waals surface area contributed by atoms with Gasteiger partial charge in [-0.15, -0.1) is 0 Å². The van der Waals surface area contributed by atoms with E-state index in [1.54, 1.807) is 6.26 Å². The van der Waals surface area contributed by atoms with Crippen LogP contribution in [0.5, 0.6) is 0 Å². The van der Waals surface area contributed by atoms with Crippen molar-refractivity contribution in [3.05, 3.63) is 12.0 Å². The lowest BCUT2D eigenvalue weighted by Crippen LogP contribution is -2.47. The Labute approximate surface area is 72.7 Å². The summed E-state index contributed by atoms with van der Waals surface area (Å²) < 4.78 is 0. The highest BCUT2D eigenvalue weighted by atomic mass is 16.7. The lowest BCUT2D eigenvalue weighted by Gasteiger charge is -2.32. The van der Waals surface area contributed by atoms with Crippen LogP contribution in [0.3, 0.4) is 0 Å². The Morgan fingerprint density at radius 1 is 1.58 bits per heavy atom. The molecule has 12 heavy (non-hydrogen) atoms. The maximum atomic E-state index is 5.01. The molecule has 0 radical (unpaired) electrons. The van der Waals surface area contributed by atoms with E-state index in [-0.39, 0.29) is 0 Å². The van der Waals surface area contributed by atoms with Crippen molar-refractivity contribution >= 4 is 0 Å². The van der Waals surface area contributed by atoms with E-state index in [1.165, 1.54) is 18.7 Å². The largest absolute Gasteiger partial charge is 0.395 e. The number of nitrogens with zero attached hydrogens (tertiary/aromatic N) is 2. The van der Waals surface area contributed by atoms with Gasteiger partial charge in [-0.05, 0) is 13.0 Å². The van der Waals surface area contributed by atoms with Gasteiger partial charge in [0.15, 0.2) is 0 Å². The van der Waals surface area contributed by atoms with Gasteiger partial charge < -0.3 is 4.84 Å². The molecule has 0 spiro atoms. The van der Waals surface area contributed by atoms with E-state index < -0.39 is 0 Å². The van der Waals surface area contributed by atoms with Crippen LogP contribution >= 0.6 is 0 Å². The third-order valence-electron chi connectivity index (χ3n) is 2.27. The minimum Gasteiger partial charge on any atom is -0.395 e. The normalized spacial score (nSPS) is 23.4. The molecular weight excluding hydrogens is 154 g/mol. The molecule has 2 rings (SSSR count). The number of hydrazine groups is 1. The maximum Gasteiger partial charge on any atom is 0.135 e. The van der Waals surface area contributed by atoms with Gasteiger partial charge in [0.2, 0.25) is 0 Å². The van der Waals surface area contributed by atoms with E-state index in [2.05, 4.69) is 22.4 Å². The molecule has 2 aliphatic heterocycles. The number of rotatable bonds is 2. The topological polar surface area (TPSA) is 27.7 Å². The van der Waals surface area contributed by atoms with Crippen LogP contribution in [-0.4, -0.2) is 36.1 Å². The fourth-order valence-electron chi connectivity index (χ4n) is 1.65. The van der Waals surface area contributed by atoms with Gasteiger partial charge in [-0.3, -0.25) is 9.91 Å². The molecule has 0 aromatic rings. The zero-order valence-electron chi connectivity index (χ0n) is 7.42. The average Bonchev–Trinajstić information content (AvgIpc) is 2.51. The van der Waals surface area contributed by atoms with Crippen molar-refractivity contribution in [2.75, 3.05) is 26.2 Å². The highest BCUT2D eigenvalue weighted by Gasteiger charge is 2.23. The second-order valence-electron chi connectivity index (χ2n) is 3.25. The van der Waals surface area contributed by atoms with E-state index in [4.69, 9.17) is 4.84 Å².